The molecule has 2 rings (SSSR count). The summed E-state index contributed by atoms with van der Waals surface area (Å²) in [6.07, 6.45) is 3.32. The van der Waals surface area contributed by atoms with Gasteiger partial charge in [0.1, 0.15) is 5.82 Å². The third kappa shape index (κ3) is 3.44. The van der Waals surface area contributed by atoms with Gasteiger partial charge in [0.15, 0.2) is 0 Å². The smallest absolute Gasteiger partial charge is 0.137 e. The topological polar surface area (TPSA) is 38.0 Å². The van der Waals surface area contributed by atoms with Crippen molar-refractivity contribution >= 4 is 27.7 Å². The van der Waals surface area contributed by atoms with Crippen molar-refractivity contribution < 1.29 is 4.39 Å². The van der Waals surface area contributed by atoms with Crippen molar-refractivity contribution in [1.29, 1.82) is 0 Å². The zero-order valence-corrected chi connectivity index (χ0v) is 11.9. The molecule has 1 aliphatic rings. The minimum Gasteiger partial charge on any atom is -0.271 e. The average Bonchev–Trinajstić information content (AvgIpc) is 2.84. The molecular formula is C12H16BrFN2S. The predicted molar refractivity (Wildman–Crippen MR) is 74.4 cm³/mol. The van der Waals surface area contributed by atoms with Gasteiger partial charge in [-0.15, -0.1) is 0 Å². The fourth-order valence-electron chi connectivity index (χ4n) is 2.14. The standard InChI is InChI=1S/C12H16BrFN2S/c13-9-6-8(3-4-10(9)14)7-11(16-15)12-2-1-5-17-12/h3-4,6,11-12,16H,1-2,5,7,15H2. The molecule has 3 N–H and O–H groups in total. The van der Waals surface area contributed by atoms with Gasteiger partial charge in [0, 0.05) is 11.3 Å². The van der Waals surface area contributed by atoms with E-state index in [1.807, 2.05) is 23.9 Å². The lowest BCUT2D eigenvalue weighted by atomic mass is 10.0. The van der Waals surface area contributed by atoms with Crippen LogP contribution >= 0.6 is 27.7 Å². The van der Waals surface area contributed by atoms with Crippen LogP contribution < -0.4 is 11.3 Å². The van der Waals surface area contributed by atoms with E-state index in [4.69, 9.17) is 5.84 Å². The molecule has 1 heterocycles. The minimum absolute atomic E-state index is 0.221. The second-order valence-corrected chi connectivity index (χ2v) is 6.48. The molecule has 17 heavy (non-hydrogen) atoms. The Kier molecular flexibility index (Phi) is 4.85. The number of nitrogens with one attached hydrogen (secondary N) is 1. The summed E-state index contributed by atoms with van der Waals surface area (Å²) in [6, 6.07) is 5.41. The summed E-state index contributed by atoms with van der Waals surface area (Å²) >= 11 is 5.18. The summed E-state index contributed by atoms with van der Waals surface area (Å²) in [7, 11) is 0. The monoisotopic (exact) mass is 318 g/mol. The number of hydrogen-bond donors (Lipinski definition) is 2. The quantitative estimate of drug-likeness (QED) is 0.662. The van der Waals surface area contributed by atoms with E-state index in [0.717, 1.165) is 12.0 Å². The summed E-state index contributed by atoms with van der Waals surface area (Å²) < 4.78 is 13.6. The van der Waals surface area contributed by atoms with E-state index >= 15 is 0 Å². The van der Waals surface area contributed by atoms with Crippen LogP contribution in [0.1, 0.15) is 18.4 Å². The largest absolute Gasteiger partial charge is 0.271 e. The molecule has 0 spiro atoms. The van der Waals surface area contributed by atoms with Gasteiger partial charge in [-0.1, -0.05) is 6.07 Å². The molecule has 1 aromatic rings. The molecule has 94 valence electrons. The number of thioether (sulfide) groups is 1. The van der Waals surface area contributed by atoms with Crippen LogP contribution in [-0.4, -0.2) is 17.0 Å². The summed E-state index contributed by atoms with van der Waals surface area (Å²) in [5.74, 6) is 6.62. The third-order valence-corrected chi connectivity index (χ3v) is 5.19. The normalized spacial score (nSPS) is 21.7. The van der Waals surface area contributed by atoms with Crippen LogP contribution in [0, 0.1) is 5.82 Å². The molecule has 5 heteroatoms. The van der Waals surface area contributed by atoms with Crippen LogP contribution in [0.5, 0.6) is 0 Å². The molecule has 0 radical (unpaired) electrons. The lowest BCUT2D eigenvalue weighted by Gasteiger charge is -2.22. The molecular weight excluding hydrogens is 303 g/mol. The van der Waals surface area contributed by atoms with E-state index in [-0.39, 0.29) is 11.9 Å². The van der Waals surface area contributed by atoms with Gasteiger partial charge in [0.25, 0.3) is 0 Å². The zero-order valence-electron chi connectivity index (χ0n) is 9.46. The SMILES string of the molecule is NNC(Cc1ccc(F)c(Br)c1)C1CCCS1. The van der Waals surface area contributed by atoms with Crippen LogP contribution in [0.4, 0.5) is 4.39 Å². The van der Waals surface area contributed by atoms with Crippen molar-refractivity contribution in [2.75, 3.05) is 5.75 Å². The van der Waals surface area contributed by atoms with Gasteiger partial charge < -0.3 is 0 Å². The number of hydrazine groups is 1. The summed E-state index contributed by atoms with van der Waals surface area (Å²) in [6.45, 7) is 0. The Morgan fingerprint density at radius 3 is 3.00 bits per heavy atom. The third-order valence-electron chi connectivity index (χ3n) is 3.07. The van der Waals surface area contributed by atoms with Crippen molar-refractivity contribution in [3.63, 3.8) is 0 Å². The molecule has 0 aliphatic carbocycles. The van der Waals surface area contributed by atoms with Gasteiger partial charge in [-0.25, -0.2) is 4.39 Å². The summed E-state index contributed by atoms with van der Waals surface area (Å²) in [5.41, 5.74) is 4.00. The average molecular weight is 319 g/mol. The Morgan fingerprint density at radius 2 is 2.41 bits per heavy atom. The molecule has 1 aromatic carbocycles. The molecule has 2 nitrogen and oxygen atoms in total. The van der Waals surface area contributed by atoms with Gasteiger partial charge in [0.05, 0.1) is 4.47 Å². The molecule has 1 fully saturated rings. The number of nitrogens with two attached hydrogens (primary N) is 1. The second-order valence-electron chi connectivity index (χ2n) is 4.28. The van der Waals surface area contributed by atoms with E-state index < -0.39 is 0 Å². The first kappa shape index (κ1) is 13.3. The Morgan fingerprint density at radius 1 is 1.59 bits per heavy atom. The molecule has 0 saturated carbocycles. The maximum absolute atomic E-state index is 13.1. The molecule has 0 amide bonds. The highest BCUT2D eigenvalue weighted by atomic mass is 79.9. The lowest BCUT2D eigenvalue weighted by molar-refractivity contribution is 0.495. The molecule has 0 aromatic heterocycles. The number of hydrogen-bond acceptors (Lipinski definition) is 3. The zero-order chi connectivity index (χ0) is 12.3. The number of halogens is 2. The lowest BCUT2D eigenvalue weighted by Crippen LogP contribution is -2.43. The predicted octanol–water partition coefficient (Wildman–Crippen LogP) is 2.86. The van der Waals surface area contributed by atoms with E-state index in [2.05, 4.69) is 21.4 Å². The van der Waals surface area contributed by atoms with Crippen molar-refractivity contribution in [2.24, 2.45) is 5.84 Å². The van der Waals surface area contributed by atoms with Crippen LogP contribution in [-0.2, 0) is 6.42 Å². The van der Waals surface area contributed by atoms with E-state index in [1.165, 1.54) is 24.7 Å². The fourth-order valence-corrected chi connectivity index (χ4v) is 3.94. The number of rotatable bonds is 4. The summed E-state index contributed by atoms with van der Waals surface area (Å²) in [5, 5.41) is 0.573. The Balaban J connectivity index is 2.04. The van der Waals surface area contributed by atoms with Gasteiger partial charge in [0.2, 0.25) is 0 Å². The number of benzene rings is 1. The molecule has 1 aliphatic heterocycles. The highest BCUT2D eigenvalue weighted by molar-refractivity contribution is 9.10. The fraction of sp³-hybridized carbons (Fsp3) is 0.500. The highest BCUT2D eigenvalue weighted by Gasteiger charge is 2.24. The van der Waals surface area contributed by atoms with Crippen molar-refractivity contribution in [1.82, 2.24) is 5.43 Å². The summed E-state index contributed by atoms with van der Waals surface area (Å²) in [4.78, 5) is 0. The molecule has 1 saturated heterocycles. The molecule has 0 bridgehead atoms. The van der Waals surface area contributed by atoms with Crippen LogP contribution in [0.15, 0.2) is 22.7 Å². The van der Waals surface area contributed by atoms with E-state index in [1.54, 1.807) is 0 Å². The van der Waals surface area contributed by atoms with E-state index in [9.17, 15) is 4.39 Å². The maximum Gasteiger partial charge on any atom is 0.137 e. The van der Waals surface area contributed by atoms with Crippen LogP contribution in [0.2, 0.25) is 0 Å². The maximum atomic E-state index is 13.1. The van der Waals surface area contributed by atoms with Crippen molar-refractivity contribution in [3.05, 3.63) is 34.1 Å². The first-order chi connectivity index (χ1) is 8.20. The Hall–Kier alpha value is -0.100. The molecule has 2 atom stereocenters. The van der Waals surface area contributed by atoms with Crippen molar-refractivity contribution in [3.8, 4) is 0 Å². The van der Waals surface area contributed by atoms with Crippen molar-refractivity contribution in [2.45, 2.75) is 30.6 Å². The Labute approximate surface area is 114 Å². The van der Waals surface area contributed by atoms with Gasteiger partial charge in [-0.2, -0.15) is 11.8 Å². The highest BCUT2D eigenvalue weighted by Crippen LogP contribution is 2.30. The minimum atomic E-state index is -0.221. The Bertz CT molecular complexity index is 383. The van der Waals surface area contributed by atoms with Gasteiger partial charge in [-0.05, 0) is 58.6 Å². The van der Waals surface area contributed by atoms with Crippen LogP contribution in [0.3, 0.4) is 0 Å². The second kappa shape index (κ2) is 6.18. The van der Waals surface area contributed by atoms with Crippen LogP contribution in [0.25, 0.3) is 0 Å². The van der Waals surface area contributed by atoms with E-state index in [0.29, 0.717) is 9.72 Å². The molecule has 2 unspecified atom stereocenters. The van der Waals surface area contributed by atoms with Gasteiger partial charge >= 0.3 is 0 Å². The van der Waals surface area contributed by atoms with Gasteiger partial charge in [-0.3, -0.25) is 11.3 Å². The first-order valence-electron chi connectivity index (χ1n) is 5.72. The first-order valence-corrected chi connectivity index (χ1v) is 7.56.